The number of rotatable bonds is 0. The van der Waals surface area contributed by atoms with Crippen molar-refractivity contribution in [3.05, 3.63) is 34.9 Å². The zero-order chi connectivity index (χ0) is 11.8. The standard InChI is InChI=1S/C10H12O.2C2H6/c1-7-3-4-9-6-11-8(2)10(9)5-7;2*1-2/h3-5,8H,6H2,1-2H3;2*1-2H3. The van der Waals surface area contributed by atoms with Crippen molar-refractivity contribution in [1.29, 1.82) is 0 Å². The maximum atomic E-state index is 5.48. The van der Waals surface area contributed by atoms with E-state index in [0.29, 0.717) is 6.10 Å². The van der Waals surface area contributed by atoms with E-state index in [4.69, 9.17) is 4.74 Å². The molecule has 1 aliphatic rings. The molecule has 1 aliphatic heterocycles. The van der Waals surface area contributed by atoms with Crippen molar-refractivity contribution in [3.8, 4) is 0 Å². The largest absolute Gasteiger partial charge is 0.369 e. The highest BCUT2D eigenvalue weighted by atomic mass is 16.5. The summed E-state index contributed by atoms with van der Waals surface area (Å²) >= 11 is 0. The van der Waals surface area contributed by atoms with E-state index in [1.54, 1.807) is 0 Å². The third-order valence-corrected chi connectivity index (χ3v) is 2.23. The van der Waals surface area contributed by atoms with Crippen LogP contribution in [0.5, 0.6) is 0 Å². The molecule has 2 rings (SSSR count). The van der Waals surface area contributed by atoms with Gasteiger partial charge < -0.3 is 4.74 Å². The van der Waals surface area contributed by atoms with Crippen LogP contribution in [0.1, 0.15) is 57.4 Å². The third kappa shape index (κ3) is 3.67. The maximum Gasteiger partial charge on any atom is 0.0805 e. The average molecular weight is 208 g/mol. The molecule has 0 aromatic heterocycles. The highest BCUT2D eigenvalue weighted by molar-refractivity contribution is 5.34. The molecule has 0 fully saturated rings. The number of hydrogen-bond acceptors (Lipinski definition) is 1. The van der Waals surface area contributed by atoms with E-state index in [0.717, 1.165) is 6.61 Å². The molecule has 1 heterocycles. The number of benzene rings is 1. The molecule has 1 aromatic carbocycles. The summed E-state index contributed by atoms with van der Waals surface area (Å²) in [4.78, 5) is 0. The zero-order valence-electron chi connectivity index (χ0n) is 10.9. The lowest BCUT2D eigenvalue weighted by molar-refractivity contribution is 0.0796. The molecule has 15 heavy (non-hydrogen) atoms. The third-order valence-electron chi connectivity index (χ3n) is 2.23. The molecule has 1 unspecified atom stereocenters. The van der Waals surface area contributed by atoms with Gasteiger partial charge >= 0.3 is 0 Å². The van der Waals surface area contributed by atoms with Crippen LogP contribution in [-0.4, -0.2) is 0 Å². The second-order valence-electron chi connectivity index (χ2n) is 3.16. The Hall–Kier alpha value is -0.820. The highest BCUT2D eigenvalue weighted by Crippen LogP contribution is 2.30. The molecule has 1 heteroatoms. The molecule has 0 aliphatic carbocycles. The quantitative estimate of drug-likeness (QED) is 0.603. The van der Waals surface area contributed by atoms with Gasteiger partial charge in [-0.15, -0.1) is 0 Å². The Labute approximate surface area is 94.5 Å². The van der Waals surface area contributed by atoms with E-state index >= 15 is 0 Å². The van der Waals surface area contributed by atoms with Crippen molar-refractivity contribution in [1.82, 2.24) is 0 Å². The summed E-state index contributed by atoms with van der Waals surface area (Å²) in [5, 5.41) is 0. The van der Waals surface area contributed by atoms with E-state index in [1.807, 2.05) is 27.7 Å². The summed E-state index contributed by atoms with van der Waals surface area (Å²) in [6.45, 7) is 13.0. The maximum absolute atomic E-state index is 5.48. The lowest BCUT2D eigenvalue weighted by Crippen LogP contribution is -1.88. The molecular weight excluding hydrogens is 184 g/mol. The first kappa shape index (κ1) is 14.2. The minimum atomic E-state index is 0.296. The first-order valence-electron chi connectivity index (χ1n) is 5.98. The molecule has 0 spiro atoms. The Balaban J connectivity index is 0.000000442. The number of fused-ring (bicyclic) bond motifs is 1. The van der Waals surface area contributed by atoms with Gasteiger partial charge in [-0.3, -0.25) is 0 Å². The molecule has 0 N–H and O–H groups in total. The van der Waals surface area contributed by atoms with Crippen LogP contribution in [0.3, 0.4) is 0 Å². The van der Waals surface area contributed by atoms with Crippen molar-refractivity contribution >= 4 is 0 Å². The minimum absolute atomic E-state index is 0.296. The molecule has 1 atom stereocenters. The van der Waals surface area contributed by atoms with Gasteiger partial charge in [0, 0.05) is 0 Å². The SMILES string of the molecule is CC.CC.Cc1ccc2c(c1)C(C)OC2. The van der Waals surface area contributed by atoms with Crippen LogP contribution in [0.4, 0.5) is 0 Å². The van der Waals surface area contributed by atoms with Crippen LogP contribution < -0.4 is 0 Å². The number of hydrogen-bond donors (Lipinski definition) is 0. The van der Waals surface area contributed by atoms with Crippen molar-refractivity contribution in [2.45, 2.75) is 54.3 Å². The Morgan fingerprint density at radius 3 is 2.33 bits per heavy atom. The van der Waals surface area contributed by atoms with Crippen molar-refractivity contribution in [2.24, 2.45) is 0 Å². The fraction of sp³-hybridized carbons (Fsp3) is 0.571. The Bertz CT molecular complexity index is 279. The van der Waals surface area contributed by atoms with Gasteiger partial charge in [0.05, 0.1) is 12.7 Å². The smallest absolute Gasteiger partial charge is 0.0805 e. The van der Waals surface area contributed by atoms with Crippen LogP contribution >= 0.6 is 0 Å². The summed E-state index contributed by atoms with van der Waals surface area (Å²) in [7, 11) is 0. The van der Waals surface area contributed by atoms with Crippen LogP contribution in [0.2, 0.25) is 0 Å². The van der Waals surface area contributed by atoms with E-state index < -0.39 is 0 Å². The average Bonchev–Trinajstić information content (AvgIpc) is 2.66. The fourth-order valence-corrected chi connectivity index (χ4v) is 1.53. The van der Waals surface area contributed by atoms with Crippen LogP contribution in [0, 0.1) is 6.92 Å². The van der Waals surface area contributed by atoms with E-state index in [2.05, 4.69) is 32.0 Å². The van der Waals surface area contributed by atoms with E-state index in [1.165, 1.54) is 16.7 Å². The van der Waals surface area contributed by atoms with Crippen LogP contribution in [0.15, 0.2) is 18.2 Å². The van der Waals surface area contributed by atoms with Crippen molar-refractivity contribution < 1.29 is 4.74 Å². The highest BCUT2D eigenvalue weighted by Gasteiger charge is 2.17. The van der Waals surface area contributed by atoms with Gasteiger partial charge in [-0.2, -0.15) is 0 Å². The number of aryl methyl sites for hydroxylation is 1. The zero-order valence-corrected chi connectivity index (χ0v) is 10.9. The molecule has 0 amide bonds. The normalized spacial score (nSPS) is 16.8. The first-order chi connectivity index (χ1) is 7.27. The summed E-state index contributed by atoms with van der Waals surface area (Å²) in [5.74, 6) is 0. The van der Waals surface area contributed by atoms with Gasteiger partial charge in [0.25, 0.3) is 0 Å². The molecule has 0 bridgehead atoms. The van der Waals surface area contributed by atoms with Gasteiger partial charge in [0.1, 0.15) is 0 Å². The molecule has 1 aromatic rings. The fourth-order valence-electron chi connectivity index (χ4n) is 1.53. The topological polar surface area (TPSA) is 9.23 Å². The number of ether oxygens (including phenoxy) is 1. The molecule has 0 saturated carbocycles. The van der Waals surface area contributed by atoms with Gasteiger partial charge in [0.15, 0.2) is 0 Å². The Kier molecular flexibility index (Phi) is 7.06. The van der Waals surface area contributed by atoms with Crippen molar-refractivity contribution in [3.63, 3.8) is 0 Å². The monoisotopic (exact) mass is 208 g/mol. The van der Waals surface area contributed by atoms with Gasteiger partial charge in [-0.05, 0) is 25.0 Å². The molecule has 1 nitrogen and oxygen atoms in total. The van der Waals surface area contributed by atoms with Crippen LogP contribution in [-0.2, 0) is 11.3 Å². The van der Waals surface area contributed by atoms with Crippen LogP contribution in [0.25, 0.3) is 0 Å². The lowest BCUT2D eigenvalue weighted by Gasteiger charge is -2.02. The van der Waals surface area contributed by atoms with E-state index in [-0.39, 0.29) is 0 Å². The lowest BCUT2D eigenvalue weighted by atomic mass is 10.0. The van der Waals surface area contributed by atoms with Crippen molar-refractivity contribution in [2.75, 3.05) is 0 Å². The molecule has 0 radical (unpaired) electrons. The summed E-state index contributed by atoms with van der Waals surface area (Å²) < 4.78 is 5.48. The first-order valence-corrected chi connectivity index (χ1v) is 5.98. The predicted molar refractivity (Wildman–Crippen MR) is 67.1 cm³/mol. The molecule has 0 saturated heterocycles. The molecular formula is C14H24O. The summed E-state index contributed by atoms with van der Waals surface area (Å²) in [5.41, 5.74) is 4.04. The van der Waals surface area contributed by atoms with Gasteiger partial charge in [-0.25, -0.2) is 0 Å². The second kappa shape index (κ2) is 7.47. The van der Waals surface area contributed by atoms with Gasteiger partial charge in [0.2, 0.25) is 0 Å². The van der Waals surface area contributed by atoms with Gasteiger partial charge in [-0.1, -0.05) is 51.5 Å². The Morgan fingerprint density at radius 1 is 1.13 bits per heavy atom. The molecule has 86 valence electrons. The second-order valence-corrected chi connectivity index (χ2v) is 3.16. The summed E-state index contributed by atoms with van der Waals surface area (Å²) in [6.07, 6.45) is 0.296. The van der Waals surface area contributed by atoms with E-state index in [9.17, 15) is 0 Å². The Morgan fingerprint density at radius 2 is 1.73 bits per heavy atom. The predicted octanol–water partition coefficient (Wildman–Crippen LogP) is 4.64. The minimum Gasteiger partial charge on any atom is -0.369 e. The summed E-state index contributed by atoms with van der Waals surface area (Å²) in [6, 6.07) is 6.52.